The zero-order chi connectivity index (χ0) is 11.9. The molecule has 6 nitrogen and oxygen atoms in total. The van der Waals surface area contributed by atoms with Gasteiger partial charge in [0.15, 0.2) is 0 Å². The van der Waals surface area contributed by atoms with Crippen molar-refractivity contribution >= 4 is 10.0 Å². The topological polar surface area (TPSA) is 81.2 Å². The maximum absolute atomic E-state index is 12.2. The largest absolute Gasteiger partial charge is 0.326 e. The molecule has 2 rings (SSSR count). The number of nitrogens with two attached hydrogens (primary N) is 1. The second kappa shape index (κ2) is 3.83. The predicted molar refractivity (Wildman–Crippen MR) is 59.1 cm³/mol. The highest BCUT2D eigenvalue weighted by atomic mass is 32.2. The van der Waals surface area contributed by atoms with E-state index in [-0.39, 0.29) is 16.9 Å². The van der Waals surface area contributed by atoms with Crippen molar-refractivity contribution in [1.29, 1.82) is 0 Å². The molecule has 0 amide bonds. The van der Waals surface area contributed by atoms with Crippen LogP contribution >= 0.6 is 0 Å². The zero-order valence-corrected chi connectivity index (χ0v) is 10.2. The lowest BCUT2D eigenvalue weighted by atomic mass is 10.1. The third-order valence-corrected chi connectivity index (χ3v) is 4.74. The Morgan fingerprint density at radius 2 is 2.19 bits per heavy atom. The SMILES string of the molecule is CC1CN(S(=O)(=O)c2cnn(C)c2)CC1N. The quantitative estimate of drug-likeness (QED) is 0.752. The van der Waals surface area contributed by atoms with Crippen LogP contribution in [0, 0.1) is 5.92 Å². The van der Waals surface area contributed by atoms with Crippen LogP contribution in [-0.2, 0) is 17.1 Å². The van der Waals surface area contributed by atoms with Crippen LogP contribution in [-0.4, -0.2) is 41.6 Å². The van der Waals surface area contributed by atoms with Gasteiger partial charge in [-0.2, -0.15) is 9.40 Å². The van der Waals surface area contributed by atoms with Gasteiger partial charge in [-0.25, -0.2) is 8.42 Å². The van der Waals surface area contributed by atoms with E-state index in [0.717, 1.165) is 0 Å². The smallest absolute Gasteiger partial charge is 0.246 e. The van der Waals surface area contributed by atoms with E-state index in [1.165, 1.54) is 21.4 Å². The first-order valence-electron chi connectivity index (χ1n) is 5.15. The first-order chi connectivity index (χ1) is 7.41. The van der Waals surface area contributed by atoms with Gasteiger partial charge in [-0.3, -0.25) is 4.68 Å². The molecule has 0 spiro atoms. The lowest BCUT2D eigenvalue weighted by Gasteiger charge is -2.14. The second-order valence-electron chi connectivity index (χ2n) is 4.31. The molecular formula is C9H16N4O2S. The molecule has 0 aromatic carbocycles. The number of hydrogen-bond donors (Lipinski definition) is 1. The van der Waals surface area contributed by atoms with Gasteiger partial charge in [0.25, 0.3) is 0 Å². The van der Waals surface area contributed by atoms with E-state index in [9.17, 15) is 8.42 Å². The van der Waals surface area contributed by atoms with Gasteiger partial charge < -0.3 is 5.73 Å². The molecule has 0 aliphatic carbocycles. The number of rotatable bonds is 2. The molecular weight excluding hydrogens is 228 g/mol. The summed E-state index contributed by atoms with van der Waals surface area (Å²) in [5.41, 5.74) is 5.82. The third-order valence-electron chi connectivity index (χ3n) is 2.96. The Hall–Kier alpha value is -0.920. The molecule has 0 radical (unpaired) electrons. The van der Waals surface area contributed by atoms with Crippen LogP contribution in [0.5, 0.6) is 0 Å². The van der Waals surface area contributed by atoms with Crippen LogP contribution in [0.25, 0.3) is 0 Å². The summed E-state index contributed by atoms with van der Waals surface area (Å²) < 4.78 is 27.2. The van der Waals surface area contributed by atoms with Crippen LogP contribution < -0.4 is 5.73 Å². The Kier molecular flexibility index (Phi) is 2.77. The van der Waals surface area contributed by atoms with Crippen molar-refractivity contribution in [1.82, 2.24) is 14.1 Å². The maximum atomic E-state index is 12.2. The van der Waals surface area contributed by atoms with Crippen molar-refractivity contribution in [3.8, 4) is 0 Å². The lowest BCUT2D eigenvalue weighted by molar-refractivity contribution is 0.464. The van der Waals surface area contributed by atoms with E-state index in [4.69, 9.17) is 5.73 Å². The minimum Gasteiger partial charge on any atom is -0.326 e. The summed E-state index contributed by atoms with van der Waals surface area (Å²) in [5, 5.41) is 3.87. The van der Waals surface area contributed by atoms with E-state index >= 15 is 0 Å². The van der Waals surface area contributed by atoms with E-state index in [2.05, 4.69) is 5.10 Å². The summed E-state index contributed by atoms with van der Waals surface area (Å²) >= 11 is 0. The molecule has 1 aromatic rings. The number of hydrogen-bond acceptors (Lipinski definition) is 4. The molecule has 1 saturated heterocycles. The van der Waals surface area contributed by atoms with Crippen LogP contribution in [0.4, 0.5) is 0 Å². The van der Waals surface area contributed by atoms with Crippen LogP contribution in [0.2, 0.25) is 0 Å². The van der Waals surface area contributed by atoms with Crippen molar-refractivity contribution < 1.29 is 8.42 Å². The highest BCUT2D eigenvalue weighted by Crippen LogP contribution is 2.22. The summed E-state index contributed by atoms with van der Waals surface area (Å²) in [5.74, 6) is 0.200. The summed E-state index contributed by atoms with van der Waals surface area (Å²) in [6, 6.07) is -0.0774. The Balaban J connectivity index is 2.27. The fourth-order valence-electron chi connectivity index (χ4n) is 1.82. The fraction of sp³-hybridized carbons (Fsp3) is 0.667. The molecule has 90 valence electrons. The number of aryl methyl sites for hydroxylation is 1. The normalized spacial score (nSPS) is 27.4. The van der Waals surface area contributed by atoms with Gasteiger partial charge in [-0.15, -0.1) is 0 Å². The molecule has 2 unspecified atom stereocenters. The first kappa shape index (κ1) is 11.6. The van der Waals surface area contributed by atoms with Crippen molar-refractivity contribution in [3.05, 3.63) is 12.4 Å². The van der Waals surface area contributed by atoms with Crippen molar-refractivity contribution in [2.45, 2.75) is 17.9 Å². The average Bonchev–Trinajstić information content (AvgIpc) is 2.75. The zero-order valence-electron chi connectivity index (χ0n) is 9.37. The Morgan fingerprint density at radius 1 is 1.50 bits per heavy atom. The lowest BCUT2D eigenvalue weighted by Crippen LogP contribution is -2.32. The summed E-state index contributed by atoms with van der Waals surface area (Å²) in [4.78, 5) is 0.233. The molecule has 2 atom stereocenters. The van der Waals surface area contributed by atoms with Gasteiger partial charge in [0.05, 0.1) is 6.20 Å². The molecule has 16 heavy (non-hydrogen) atoms. The van der Waals surface area contributed by atoms with Crippen LogP contribution in [0.3, 0.4) is 0 Å². The molecule has 2 N–H and O–H groups in total. The molecule has 0 saturated carbocycles. The number of sulfonamides is 1. The molecule has 1 fully saturated rings. The molecule has 1 aliphatic rings. The van der Waals surface area contributed by atoms with Crippen LogP contribution in [0.1, 0.15) is 6.92 Å². The van der Waals surface area contributed by atoms with E-state index in [1.54, 1.807) is 7.05 Å². The van der Waals surface area contributed by atoms with E-state index in [0.29, 0.717) is 13.1 Å². The summed E-state index contributed by atoms with van der Waals surface area (Å²) in [6.07, 6.45) is 2.87. The molecule has 2 heterocycles. The number of aromatic nitrogens is 2. The van der Waals surface area contributed by atoms with Crippen LogP contribution in [0.15, 0.2) is 17.3 Å². The van der Waals surface area contributed by atoms with Gasteiger partial charge >= 0.3 is 0 Å². The van der Waals surface area contributed by atoms with E-state index in [1.807, 2.05) is 6.92 Å². The Bertz CT molecular complexity index is 471. The van der Waals surface area contributed by atoms with E-state index < -0.39 is 10.0 Å². The molecule has 0 bridgehead atoms. The second-order valence-corrected chi connectivity index (χ2v) is 6.25. The maximum Gasteiger partial charge on any atom is 0.246 e. The van der Waals surface area contributed by atoms with Gasteiger partial charge in [-0.1, -0.05) is 6.92 Å². The first-order valence-corrected chi connectivity index (χ1v) is 6.59. The van der Waals surface area contributed by atoms with Gasteiger partial charge in [-0.05, 0) is 5.92 Å². The molecule has 7 heteroatoms. The van der Waals surface area contributed by atoms with Gasteiger partial charge in [0.2, 0.25) is 10.0 Å². The summed E-state index contributed by atoms with van der Waals surface area (Å²) in [6.45, 7) is 2.83. The predicted octanol–water partition coefficient (Wildman–Crippen LogP) is -0.612. The van der Waals surface area contributed by atoms with Crippen molar-refractivity contribution in [2.24, 2.45) is 18.7 Å². The monoisotopic (exact) mass is 244 g/mol. The molecule has 1 aromatic heterocycles. The minimum atomic E-state index is -3.41. The highest BCUT2D eigenvalue weighted by molar-refractivity contribution is 7.89. The highest BCUT2D eigenvalue weighted by Gasteiger charge is 2.35. The average molecular weight is 244 g/mol. The Labute approximate surface area is 95.1 Å². The Morgan fingerprint density at radius 3 is 2.62 bits per heavy atom. The standard InChI is InChI=1S/C9H16N4O2S/c1-7-4-13(6-9(7)10)16(14,15)8-3-11-12(2)5-8/h3,5,7,9H,4,6,10H2,1-2H3. The third kappa shape index (κ3) is 1.85. The number of nitrogens with zero attached hydrogens (tertiary/aromatic N) is 3. The van der Waals surface area contributed by atoms with Gasteiger partial charge in [0.1, 0.15) is 4.90 Å². The van der Waals surface area contributed by atoms with Crippen molar-refractivity contribution in [3.63, 3.8) is 0 Å². The van der Waals surface area contributed by atoms with Crippen molar-refractivity contribution in [2.75, 3.05) is 13.1 Å². The summed E-state index contributed by atoms with van der Waals surface area (Å²) in [7, 11) is -1.72. The minimum absolute atomic E-state index is 0.0774. The molecule has 1 aliphatic heterocycles. The fourth-order valence-corrected chi connectivity index (χ4v) is 3.39. The van der Waals surface area contributed by atoms with Gasteiger partial charge in [0, 0.05) is 32.4 Å².